The van der Waals surface area contributed by atoms with E-state index in [1.807, 2.05) is 14.1 Å². The van der Waals surface area contributed by atoms with Crippen LogP contribution < -0.4 is 4.90 Å². The Kier molecular flexibility index (Phi) is 6.04. The Morgan fingerprint density at radius 2 is 1.70 bits per heavy atom. The van der Waals surface area contributed by atoms with Gasteiger partial charge in [0.1, 0.15) is 5.82 Å². The second kappa shape index (κ2) is 8.56. The highest BCUT2D eigenvalue weighted by atomic mass is 32.2. The normalized spacial score (nSPS) is 21.1. The van der Waals surface area contributed by atoms with Crippen LogP contribution in [0.15, 0.2) is 30.5 Å². The molecule has 4 rings (SSSR count). The van der Waals surface area contributed by atoms with Crippen LogP contribution in [0, 0.1) is 5.82 Å². The van der Waals surface area contributed by atoms with E-state index in [0.717, 1.165) is 36.8 Å². The lowest BCUT2D eigenvalue weighted by Gasteiger charge is -2.37. The van der Waals surface area contributed by atoms with Gasteiger partial charge in [-0.15, -0.1) is 0 Å². The summed E-state index contributed by atoms with van der Waals surface area (Å²) in [7, 11) is 0.150. The van der Waals surface area contributed by atoms with Crippen LogP contribution in [0.4, 0.5) is 10.3 Å². The Labute approximate surface area is 177 Å². The third-order valence-electron chi connectivity index (χ3n) is 5.82. The molecule has 2 aromatic rings. The van der Waals surface area contributed by atoms with E-state index >= 15 is 0 Å². The van der Waals surface area contributed by atoms with Crippen LogP contribution >= 0.6 is 0 Å². The summed E-state index contributed by atoms with van der Waals surface area (Å²) in [5.74, 6) is 0.210. The molecule has 162 valence electrons. The average molecular weight is 434 g/mol. The molecule has 7 nitrogen and oxygen atoms in total. The van der Waals surface area contributed by atoms with E-state index in [1.165, 1.54) is 12.1 Å². The van der Waals surface area contributed by atoms with Crippen LogP contribution in [0.25, 0.3) is 11.1 Å². The van der Waals surface area contributed by atoms with Gasteiger partial charge in [-0.2, -0.15) is 17.0 Å². The van der Waals surface area contributed by atoms with Crippen molar-refractivity contribution in [1.29, 1.82) is 0 Å². The number of rotatable bonds is 5. The van der Waals surface area contributed by atoms with Gasteiger partial charge in [0, 0.05) is 45.5 Å². The predicted molar refractivity (Wildman–Crippen MR) is 115 cm³/mol. The average Bonchev–Trinajstić information content (AvgIpc) is 3.30. The maximum atomic E-state index is 13.5. The number of nitrogens with zero attached hydrogens (tertiary/aromatic N) is 5. The number of piperidine rings is 1. The van der Waals surface area contributed by atoms with Crippen molar-refractivity contribution < 1.29 is 12.8 Å². The Hall–Kier alpha value is -2.10. The SMILES string of the molecule is CN(C)c1ncc(-c2ccc(F)cc2)c([C@H]2CCCCN2S(=O)(=O)N2CCCC2)n1. The van der Waals surface area contributed by atoms with Crippen LogP contribution in [-0.2, 0) is 10.2 Å². The van der Waals surface area contributed by atoms with Gasteiger partial charge in [-0.1, -0.05) is 18.6 Å². The number of halogens is 1. The third kappa shape index (κ3) is 4.06. The fourth-order valence-electron chi connectivity index (χ4n) is 4.23. The van der Waals surface area contributed by atoms with Crippen LogP contribution in [0.2, 0.25) is 0 Å². The van der Waals surface area contributed by atoms with Gasteiger partial charge in [0.05, 0.1) is 11.7 Å². The second-order valence-corrected chi connectivity index (χ2v) is 9.99. The van der Waals surface area contributed by atoms with Crippen molar-refractivity contribution in [1.82, 2.24) is 18.6 Å². The summed E-state index contributed by atoms with van der Waals surface area (Å²) in [6.07, 6.45) is 5.99. The molecular weight excluding hydrogens is 405 g/mol. The molecule has 0 aliphatic carbocycles. The zero-order valence-electron chi connectivity index (χ0n) is 17.5. The maximum Gasteiger partial charge on any atom is 0.282 e. The van der Waals surface area contributed by atoms with E-state index in [9.17, 15) is 12.8 Å². The fraction of sp³-hybridized carbons (Fsp3) is 0.524. The topological polar surface area (TPSA) is 69.6 Å². The van der Waals surface area contributed by atoms with Gasteiger partial charge >= 0.3 is 0 Å². The Balaban J connectivity index is 1.81. The van der Waals surface area contributed by atoms with Crippen LogP contribution in [0.1, 0.15) is 43.8 Å². The number of anilines is 1. The summed E-state index contributed by atoms with van der Waals surface area (Å²) in [6.45, 7) is 1.62. The molecule has 3 heterocycles. The highest BCUT2D eigenvalue weighted by Gasteiger charge is 2.40. The zero-order chi connectivity index (χ0) is 21.3. The van der Waals surface area contributed by atoms with Gasteiger partial charge in [-0.25, -0.2) is 14.4 Å². The molecule has 2 aliphatic rings. The van der Waals surface area contributed by atoms with Crippen molar-refractivity contribution in [3.63, 3.8) is 0 Å². The summed E-state index contributed by atoms with van der Waals surface area (Å²) in [4.78, 5) is 11.0. The summed E-state index contributed by atoms with van der Waals surface area (Å²) in [5.41, 5.74) is 2.21. The Morgan fingerprint density at radius 1 is 1.03 bits per heavy atom. The molecule has 0 radical (unpaired) electrons. The first kappa shape index (κ1) is 21.1. The standard InChI is InChI=1S/C21H28FN5O2S/c1-25(2)21-23-15-18(16-8-10-17(22)11-9-16)20(24-21)19-7-3-4-14-27(19)30(28,29)26-12-5-6-13-26/h8-11,15,19H,3-7,12-14H2,1-2H3/t19-/m1/s1. The molecule has 0 amide bonds. The quantitative estimate of drug-likeness (QED) is 0.724. The first-order chi connectivity index (χ1) is 14.4. The minimum Gasteiger partial charge on any atom is -0.347 e. The largest absolute Gasteiger partial charge is 0.347 e. The van der Waals surface area contributed by atoms with Crippen LogP contribution in [0.5, 0.6) is 0 Å². The van der Waals surface area contributed by atoms with Crippen molar-refractivity contribution >= 4 is 16.2 Å². The van der Waals surface area contributed by atoms with Crippen molar-refractivity contribution in [3.8, 4) is 11.1 Å². The second-order valence-electron chi connectivity index (χ2n) is 8.11. The molecule has 2 aliphatic heterocycles. The number of benzene rings is 1. The van der Waals surface area contributed by atoms with Crippen LogP contribution in [-0.4, -0.2) is 60.7 Å². The molecule has 0 unspecified atom stereocenters. The lowest BCUT2D eigenvalue weighted by molar-refractivity contribution is 0.235. The number of hydrogen-bond donors (Lipinski definition) is 0. The van der Waals surface area contributed by atoms with Crippen LogP contribution in [0.3, 0.4) is 0 Å². The summed E-state index contributed by atoms with van der Waals surface area (Å²) in [5, 5.41) is 0. The van der Waals surface area contributed by atoms with E-state index in [4.69, 9.17) is 4.98 Å². The van der Waals surface area contributed by atoms with Gasteiger partial charge in [-0.3, -0.25) is 0 Å². The van der Waals surface area contributed by atoms with E-state index in [0.29, 0.717) is 37.7 Å². The number of hydrogen-bond acceptors (Lipinski definition) is 5. The third-order valence-corrected chi connectivity index (χ3v) is 7.87. The predicted octanol–water partition coefficient (Wildman–Crippen LogP) is 3.22. The molecule has 1 aromatic carbocycles. The smallest absolute Gasteiger partial charge is 0.282 e. The van der Waals surface area contributed by atoms with Gasteiger partial charge < -0.3 is 4.90 Å². The lowest BCUT2D eigenvalue weighted by Crippen LogP contribution is -2.46. The Morgan fingerprint density at radius 3 is 2.37 bits per heavy atom. The van der Waals surface area contributed by atoms with Crippen molar-refractivity contribution in [2.45, 2.75) is 38.1 Å². The first-order valence-electron chi connectivity index (χ1n) is 10.4. The monoisotopic (exact) mass is 433 g/mol. The van der Waals surface area contributed by atoms with E-state index in [1.54, 1.807) is 31.8 Å². The minimum absolute atomic E-state index is 0.318. The zero-order valence-corrected chi connectivity index (χ0v) is 18.3. The van der Waals surface area contributed by atoms with Crippen molar-refractivity contribution in [2.24, 2.45) is 0 Å². The molecule has 0 spiro atoms. The highest BCUT2D eigenvalue weighted by Crippen LogP contribution is 2.39. The summed E-state index contributed by atoms with van der Waals surface area (Å²) < 4.78 is 43.6. The fourth-order valence-corrected chi connectivity index (χ4v) is 6.13. The van der Waals surface area contributed by atoms with Gasteiger partial charge in [0.25, 0.3) is 10.2 Å². The molecule has 1 aromatic heterocycles. The van der Waals surface area contributed by atoms with E-state index < -0.39 is 10.2 Å². The summed E-state index contributed by atoms with van der Waals surface area (Å²) in [6, 6.07) is 5.81. The number of aromatic nitrogens is 2. The minimum atomic E-state index is -3.57. The lowest BCUT2D eigenvalue weighted by atomic mass is 9.95. The maximum absolute atomic E-state index is 13.5. The van der Waals surface area contributed by atoms with E-state index in [2.05, 4.69) is 4.98 Å². The molecule has 30 heavy (non-hydrogen) atoms. The molecule has 0 bridgehead atoms. The first-order valence-corrected chi connectivity index (χ1v) is 11.8. The summed E-state index contributed by atoms with van der Waals surface area (Å²) >= 11 is 0. The molecule has 0 N–H and O–H groups in total. The molecule has 2 saturated heterocycles. The molecule has 9 heteroatoms. The van der Waals surface area contributed by atoms with Crippen molar-refractivity contribution in [3.05, 3.63) is 42.0 Å². The van der Waals surface area contributed by atoms with Gasteiger partial charge in [-0.05, 0) is 43.4 Å². The van der Waals surface area contributed by atoms with Crippen molar-refractivity contribution in [2.75, 3.05) is 38.6 Å². The highest BCUT2D eigenvalue weighted by molar-refractivity contribution is 7.86. The van der Waals surface area contributed by atoms with E-state index in [-0.39, 0.29) is 11.9 Å². The Bertz CT molecular complexity index is 991. The van der Waals surface area contributed by atoms with Gasteiger partial charge in [0.2, 0.25) is 5.95 Å². The molecule has 2 fully saturated rings. The molecule has 1 atom stereocenters. The van der Waals surface area contributed by atoms with Gasteiger partial charge in [0.15, 0.2) is 0 Å². The molecule has 0 saturated carbocycles. The molecular formula is C21H28FN5O2S.